The molecule has 0 aliphatic carbocycles. The summed E-state index contributed by atoms with van der Waals surface area (Å²) in [7, 11) is -3.68. The Labute approximate surface area is 162 Å². The van der Waals surface area contributed by atoms with Crippen molar-refractivity contribution < 1.29 is 18.3 Å². The number of carboxylic acids is 1. The SMILES string of the molecule is Cc1ccnc(NS(=O)(=O)c2ccc(N)cc2)n1.Nc1ccccc1C(=O)O. The lowest BCUT2D eigenvalue weighted by Crippen LogP contribution is -2.15. The van der Waals surface area contributed by atoms with Crippen LogP contribution in [0.4, 0.5) is 17.3 Å². The van der Waals surface area contributed by atoms with E-state index in [2.05, 4.69) is 14.7 Å². The number of rotatable bonds is 4. The maximum Gasteiger partial charge on any atom is 0.337 e. The molecule has 0 unspecified atom stereocenters. The van der Waals surface area contributed by atoms with Gasteiger partial charge in [0.2, 0.25) is 5.95 Å². The lowest BCUT2D eigenvalue weighted by atomic mass is 10.2. The molecule has 6 N–H and O–H groups in total. The van der Waals surface area contributed by atoms with Crippen molar-refractivity contribution in [3.05, 3.63) is 72.1 Å². The van der Waals surface area contributed by atoms with Crippen molar-refractivity contribution in [2.24, 2.45) is 0 Å². The van der Waals surface area contributed by atoms with Gasteiger partial charge in [-0.05, 0) is 49.4 Å². The largest absolute Gasteiger partial charge is 0.478 e. The first-order valence-corrected chi connectivity index (χ1v) is 9.43. The van der Waals surface area contributed by atoms with Gasteiger partial charge in [-0.2, -0.15) is 0 Å². The fourth-order valence-corrected chi connectivity index (χ4v) is 2.97. The summed E-state index contributed by atoms with van der Waals surface area (Å²) in [6.45, 7) is 1.75. The predicted octanol–water partition coefficient (Wildman–Crippen LogP) is 2.14. The van der Waals surface area contributed by atoms with E-state index in [1.807, 2.05) is 0 Å². The third-order valence-electron chi connectivity index (χ3n) is 3.40. The topological polar surface area (TPSA) is 161 Å². The molecule has 3 aromatic rings. The number of nitrogen functional groups attached to an aromatic ring is 2. The Hall–Kier alpha value is -3.66. The minimum atomic E-state index is -3.68. The number of nitrogens with one attached hydrogen (secondary N) is 1. The van der Waals surface area contributed by atoms with E-state index in [-0.39, 0.29) is 16.4 Å². The van der Waals surface area contributed by atoms with E-state index in [1.54, 1.807) is 31.2 Å². The molecule has 0 spiro atoms. The van der Waals surface area contributed by atoms with Gasteiger partial charge in [0.25, 0.3) is 10.0 Å². The van der Waals surface area contributed by atoms with Crippen LogP contribution in [0.2, 0.25) is 0 Å². The van der Waals surface area contributed by atoms with Crippen LogP contribution in [0.3, 0.4) is 0 Å². The fraction of sp³-hybridized carbons (Fsp3) is 0.0556. The molecule has 146 valence electrons. The maximum absolute atomic E-state index is 12.0. The Bertz CT molecular complexity index is 1070. The average molecular weight is 401 g/mol. The summed E-state index contributed by atoms with van der Waals surface area (Å²) >= 11 is 0. The zero-order valence-electron chi connectivity index (χ0n) is 14.9. The second-order valence-electron chi connectivity index (χ2n) is 5.59. The highest BCUT2D eigenvalue weighted by Gasteiger charge is 2.15. The van der Waals surface area contributed by atoms with Crippen LogP contribution in [0.5, 0.6) is 0 Å². The predicted molar refractivity (Wildman–Crippen MR) is 106 cm³/mol. The molecule has 0 bridgehead atoms. The first-order chi connectivity index (χ1) is 13.2. The van der Waals surface area contributed by atoms with E-state index >= 15 is 0 Å². The second kappa shape index (κ2) is 8.82. The van der Waals surface area contributed by atoms with Crippen LogP contribution in [0.25, 0.3) is 0 Å². The molecule has 10 heteroatoms. The van der Waals surface area contributed by atoms with Crippen LogP contribution < -0.4 is 16.2 Å². The quantitative estimate of drug-likeness (QED) is 0.483. The van der Waals surface area contributed by atoms with Gasteiger partial charge >= 0.3 is 5.97 Å². The molecule has 0 saturated carbocycles. The lowest BCUT2D eigenvalue weighted by molar-refractivity contribution is 0.0698. The number of aryl methyl sites for hydroxylation is 1. The van der Waals surface area contributed by atoms with Crippen molar-refractivity contribution in [3.63, 3.8) is 0 Å². The van der Waals surface area contributed by atoms with Crippen molar-refractivity contribution in [3.8, 4) is 0 Å². The van der Waals surface area contributed by atoms with Gasteiger partial charge in [-0.1, -0.05) is 12.1 Å². The Kier molecular flexibility index (Phi) is 6.51. The Morgan fingerprint density at radius 1 is 1.04 bits per heavy atom. The Morgan fingerprint density at radius 2 is 1.68 bits per heavy atom. The first-order valence-electron chi connectivity index (χ1n) is 7.95. The van der Waals surface area contributed by atoms with Crippen molar-refractivity contribution in [1.82, 2.24) is 9.97 Å². The molecule has 0 aliphatic heterocycles. The molecule has 1 heterocycles. The minimum Gasteiger partial charge on any atom is -0.478 e. The smallest absolute Gasteiger partial charge is 0.337 e. The van der Waals surface area contributed by atoms with Crippen molar-refractivity contribution in [2.75, 3.05) is 16.2 Å². The van der Waals surface area contributed by atoms with Crippen molar-refractivity contribution in [2.45, 2.75) is 11.8 Å². The molecular formula is C18H19N5O4S. The summed E-state index contributed by atoms with van der Waals surface area (Å²) in [4.78, 5) is 18.3. The molecule has 0 saturated heterocycles. The molecular weight excluding hydrogens is 382 g/mol. The summed E-state index contributed by atoms with van der Waals surface area (Å²) < 4.78 is 26.3. The zero-order chi connectivity index (χ0) is 20.7. The number of nitrogens with zero attached hydrogens (tertiary/aromatic N) is 2. The first kappa shape index (κ1) is 20.6. The summed E-state index contributed by atoms with van der Waals surface area (Å²) in [6, 6.07) is 13.9. The Balaban J connectivity index is 0.000000237. The summed E-state index contributed by atoms with van der Waals surface area (Å²) in [5.41, 5.74) is 12.5. The van der Waals surface area contributed by atoms with Gasteiger partial charge in [0.15, 0.2) is 0 Å². The van der Waals surface area contributed by atoms with Crippen LogP contribution in [0.15, 0.2) is 65.7 Å². The van der Waals surface area contributed by atoms with Crippen LogP contribution in [-0.2, 0) is 10.0 Å². The number of sulfonamides is 1. The van der Waals surface area contributed by atoms with Crippen LogP contribution in [0.1, 0.15) is 16.1 Å². The third kappa shape index (κ3) is 5.68. The number of benzene rings is 2. The van der Waals surface area contributed by atoms with Crippen molar-refractivity contribution in [1.29, 1.82) is 0 Å². The molecule has 9 nitrogen and oxygen atoms in total. The van der Waals surface area contributed by atoms with Crippen LogP contribution in [0, 0.1) is 6.92 Å². The number of carbonyl (C=O) groups is 1. The van der Waals surface area contributed by atoms with E-state index in [0.29, 0.717) is 17.1 Å². The van der Waals surface area contributed by atoms with Gasteiger partial charge in [0.1, 0.15) is 0 Å². The summed E-state index contributed by atoms with van der Waals surface area (Å²) in [5, 5.41) is 8.49. The number of hydrogen-bond acceptors (Lipinski definition) is 7. The third-order valence-corrected chi connectivity index (χ3v) is 4.75. The number of aromatic nitrogens is 2. The monoisotopic (exact) mass is 401 g/mol. The molecule has 2 aromatic carbocycles. The molecule has 0 fully saturated rings. The normalized spacial score (nSPS) is 10.5. The minimum absolute atomic E-state index is 0.0480. The molecule has 1 aromatic heterocycles. The molecule has 0 atom stereocenters. The van der Waals surface area contributed by atoms with E-state index in [4.69, 9.17) is 16.6 Å². The number of anilines is 3. The van der Waals surface area contributed by atoms with Gasteiger partial charge in [-0.15, -0.1) is 0 Å². The molecule has 0 aliphatic rings. The van der Waals surface area contributed by atoms with Gasteiger partial charge in [0, 0.05) is 23.3 Å². The van der Waals surface area contributed by atoms with Crippen LogP contribution in [-0.4, -0.2) is 29.5 Å². The highest BCUT2D eigenvalue weighted by Crippen LogP contribution is 2.14. The lowest BCUT2D eigenvalue weighted by Gasteiger charge is -2.06. The highest BCUT2D eigenvalue weighted by molar-refractivity contribution is 7.92. The van der Waals surface area contributed by atoms with E-state index in [1.165, 1.54) is 36.5 Å². The van der Waals surface area contributed by atoms with Gasteiger partial charge < -0.3 is 16.6 Å². The fourth-order valence-electron chi connectivity index (χ4n) is 2.02. The van der Waals surface area contributed by atoms with Gasteiger partial charge in [-0.25, -0.2) is 27.9 Å². The summed E-state index contributed by atoms with van der Waals surface area (Å²) in [6.07, 6.45) is 1.49. The number of aromatic carboxylic acids is 1. The van der Waals surface area contributed by atoms with Crippen LogP contribution >= 0.6 is 0 Å². The number of hydrogen-bond donors (Lipinski definition) is 4. The molecule has 3 rings (SSSR count). The number of para-hydroxylation sites is 1. The van der Waals surface area contributed by atoms with E-state index in [9.17, 15) is 13.2 Å². The average Bonchev–Trinajstić information content (AvgIpc) is 2.62. The standard InChI is InChI=1S/C11H12N4O2S.C7H7NO2/c1-8-6-7-13-11(14-8)15-18(16,17)10-4-2-9(12)3-5-10;8-6-4-2-1-3-5(6)7(9)10/h2-7H,12H2,1H3,(H,13,14,15);1-4H,8H2,(H,9,10). The maximum atomic E-state index is 12.0. The van der Waals surface area contributed by atoms with E-state index < -0.39 is 16.0 Å². The molecule has 0 radical (unpaired) electrons. The van der Waals surface area contributed by atoms with Gasteiger partial charge in [-0.3, -0.25) is 0 Å². The number of carboxylic acid groups (broad SMARTS) is 1. The van der Waals surface area contributed by atoms with E-state index in [0.717, 1.165) is 0 Å². The van der Waals surface area contributed by atoms with Crippen molar-refractivity contribution >= 4 is 33.3 Å². The second-order valence-corrected chi connectivity index (χ2v) is 7.27. The highest BCUT2D eigenvalue weighted by atomic mass is 32.2. The number of nitrogens with two attached hydrogens (primary N) is 2. The van der Waals surface area contributed by atoms with Gasteiger partial charge in [0.05, 0.1) is 10.5 Å². The summed E-state index contributed by atoms with van der Waals surface area (Å²) in [5.74, 6) is -0.940. The zero-order valence-corrected chi connectivity index (χ0v) is 15.7. The molecule has 28 heavy (non-hydrogen) atoms. The Morgan fingerprint density at radius 3 is 2.21 bits per heavy atom. The molecule has 0 amide bonds.